The molecule has 1 saturated heterocycles. The third kappa shape index (κ3) is 4.46. The number of aryl methyl sites for hydroxylation is 1. The van der Waals surface area contributed by atoms with Gasteiger partial charge in [0.25, 0.3) is 0 Å². The number of nitrogens with one attached hydrogen (secondary N) is 3. The zero-order valence-electron chi connectivity index (χ0n) is 17.6. The average molecular weight is 415 g/mol. The zero-order valence-corrected chi connectivity index (χ0v) is 17.6. The predicted octanol–water partition coefficient (Wildman–Crippen LogP) is 4.18. The molecular formula is C24H26N6O. The maximum atomic E-state index is 5.45. The maximum absolute atomic E-state index is 5.45. The van der Waals surface area contributed by atoms with Crippen LogP contribution in [0.4, 0.5) is 28.8 Å². The number of nitrogens with zero attached hydrogens (tertiary/aromatic N) is 3. The van der Waals surface area contributed by atoms with Crippen molar-refractivity contribution in [2.75, 3.05) is 41.8 Å². The van der Waals surface area contributed by atoms with Crippen molar-refractivity contribution in [1.82, 2.24) is 15.3 Å². The number of ether oxygens (including phenoxy) is 1. The molecule has 158 valence electrons. The molecule has 0 amide bonds. The standard InChI is InChI=1S/C24H26N6O/c1-17-3-2-4-22(26-17)28-23-15-18-9-10-25-16-21(18)24(29-23)27-19-5-7-20(8-6-19)30-11-13-31-14-12-30/h2-10,15,25H,11-14,16H2,1H3,(H2,26,27,28,29). The summed E-state index contributed by atoms with van der Waals surface area (Å²) in [6.45, 7) is 6.14. The number of hydrogen-bond acceptors (Lipinski definition) is 7. The lowest BCUT2D eigenvalue weighted by Crippen LogP contribution is -2.36. The molecule has 3 N–H and O–H groups in total. The van der Waals surface area contributed by atoms with E-state index in [9.17, 15) is 0 Å². The zero-order chi connectivity index (χ0) is 21.0. The highest BCUT2D eigenvalue weighted by molar-refractivity contribution is 5.72. The molecule has 31 heavy (non-hydrogen) atoms. The molecule has 0 aliphatic carbocycles. The van der Waals surface area contributed by atoms with Crippen LogP contribution in [0, 0.1) is 6.92 Å². The Labute approximate surface area is 182 Å². The fourth-order valence-corrected chi connectivity index (χ4v) is 3.86. The highest BCUT2D eigenvalue weighted by Crippen LogP contribution is 2.29. The normalized spacial score (nSPS) is 15.2. The Bertz CT molecular complexity index is 1090. The molecule has 3 aromatic rings. The highest BCUT2D eigenvalue weighted by atomic mass is 16.5. The molecule has 0 saturated carbocycles. The van der Waals surface area contributed by atoms with E-state index in [1.807, 2.05) is 31.3 Å². The minimum absolute atomic E-state index is 0.732. The summed E-state index contributed by atoms with van der Waals surface area (Å²) in [6.07, 6.45) is 4.04. The van der Waals surface area contributed by atoms with E-state index >= 15 is 0 Å². The molecule has 0 unspecified atom stereocenters. The van der Waals surface area contributed by atoms with E-state index in [1.165, 1.54) is 5.69 Å². The summed E-state index contributed by atoms with van der Waals surface area (Å²) in [4.78, 5) is 11.7. The van der Waals surface area contributed by atoms with Gasteiger partial charge in [0.1, 0.15) is 17.5 Å². The predicted molar refractivity (Wildman–Crippen MR) is 125 cm³/mol. The molecule has 2 aromatic heterocycles. The van der Waals surface area contributed by atoms with Gasteiger partial charge in [-0.15, -0.1) is 0 Å². The van der Waals surface area contributed by atoms with Crippen molar-refractivity contribution in [3.63, 3.8) is 0 Å². The molecular weight excluding hydrogens is 388 g/mol. The van der Waals surface area contributed by atoms with Gasteiger partial charge in [-0.3, -0.25) is 0 Å². The lowest BCUT2D eigenvalue weighted by molar-refractivity contribution is 0.122. The van der Waals surface area contributed by atoms with E-state index in [-0.39, 0.29) is 0 Å². The second-order valence-corrected chi connectivity index (χ2v) is 7.70. The molecule has 1 aromatic carbocycles. The average Bonchev–Trinajstić information content (AvgIpc) is 2.80. The third-order valence-corrected chi connectivity index (χ3v) is 5.47. The second-order valence-electron chi connectivity index (χ2n) is 7.70. The van der Waals surface area contributed by atoms with E-state index < -0.39 is 0 Å². The quantitative estimate of drug-likeness (QED) is 0.578. The van der Waals surface area contributed by atoms with Crippen LogP contribution in [-0.2, 0) is 11.3 Å². The van der Waals surface area contributed by atoms with Crippen molar-refractivity contribution in [3.8, 4) is 0 Å². The van der Waals surface area contributed by atoms with Crippen LogP contribution in [0.1, 0.15) is 16.8 Å². The number of benzene rings is 1. The van der Waals surface area contributed by atoms with Crippen molar-refractivity contribution in [2.45, 2.75) is 13.5 Å². The summed E-state index contributed by atoms with van der Waals surface area (Å²) < 4.78 is 5.45. The van der Waals surface area contributed by atoms with E-state index in [0.717, 1.165) is 72.8 Å². The summed E-state index contributed by atoms with van der Waals surface area (Å²) in [6, 6.07) is 16.5. The molecule has 5 rings (SSSR count). The van der Waals surface area contributed by atoms with Gasteiger partial charge in [0, 0.05) is 42.3 Å². The molecule has 7 heteroatoms. The minimum Gasteiger partial charge on any atom is -0.387 e. The number of aromatic nitrogens is 2. The Kier molecular flexibility index (Phi) is 5.41. The van der Waals surface area contributed by atoms with Crippen LogP contribution in [0.25, 0.3) is 6.08 Å². The Morgan fingerprint density at radius 1 is 0.968 bits per heavy atom. The summed E-state index contributed by atoms with van der Waals surface area (Å²) in [5.41, 5.74) is 5.46. The van der Waals surface area contributed by atoms with Crippen molar-refractivity contribution < 1.29 is 4.74 Å². The second kappa shape index (κ2) is 8.65. The van der Waals surface area contributed by atoms with Gasteiger partial charge in [-0.25, -0.2) is 9.97 Å². The number of rotatable bonds is 5. The van der Waals surface area contributed by atoms with Gasteiger partial charge < -0.3 is 25.6 Å². The smallest absolute Gasteiger partial charge is 0.138 e. The Hall–Kier alpha value is -3.58. The van der Waals surface area contributed by atoms with Crippen LogP contribution >= 0.6 is 0 Å². The van der Waals surface area contributed by atoms with Crippen molar-refractivity contribution in [3.05, 3.63) is 71.6 Å². The van der Waals surface area contributed by atoms with Crippen LogP contribution in [0.5, 0.6) is 0 Å². The summed E-state index contributed by atoms with van der Waals surface area (Å²) in [5.74, 6) is 2.38. The Morgan fingerprint density at radius 2 is 1.81 bits per heavy atom. The molecule has 0 bridgehead atoms. The third-order valence-electron chi connectivity index (χ3n) is 5.47. The lowest BCUT2D eigenvalue weighted by atomic mass is 10.1. The topological polar surface area (TPSA) is 74.3 Å². The van der Waals surface area contributed by atoms with Crippen LogP contribution in [-0.4, -0.2) is 36.3 Å². The van der Waals surface area contributed by atoms with E-state index in [2.05, 4.69) is 62.2 Å². The first-order valence-corrected chi connectivity index (χ1v) is 10.6. The largest absolute Gasteiger partial charge is 0.387 e. The molecule has 2 aliphatic rings. The van der Waals surface area contributed by atoms with Crippen LogP contribution in [0.15, 0.2) is 54.7 Å². The molecule has 4 heterocycles. The van der Waals surface area contributed by atoms with Crippen molar-refractivity contribution in [2.24, 2.45) is 0 Å². The van der Waals surface area contributed by atoms with Gasteiger partial charge in [-0.2, -0.15) is 0 Å². The molecule has 0 spiro atoms. The van der Waals surface area contributed by atoms with Crippen LogP contribution in [0.3, 0.4) is 0 Å². The monoisotopic (exact) mass is 414 g/mol. The maximum Gasteiger partial charge on any atom is 0.138 e. The molecule has 0 radical (unpaired) electrons. The van der Waals surface area contributed by atoms with Crippen LogP contribution in [0.2, 0.25) is 0 Å². The molecule has 1 fully saturated rings. The number of hydrogen-bond donors (Lipinski definition) is 3. The number of pyridine rings is 2. The van der Waals surface area contributed by atoms with Crippen molar-refractivity contribution >= 4 is 34.9 Å². The van der Waals surface area contributed by atoms with Gasteiger partial charge >= 0.3 is 0 Å². The first kappa shape index (κ1) is 19.4. The fraction of sp³-hybridized carbons (Fsp3) is 0.250. The van der Waals surface area contributed by atoms with Gasteiger partial charge in [0.05, 0.1) is 13.2 Å². The molecule has 0 atom stereocenters. The highest BCUT2D eigenvalue weighted by Gasteiger charge is 2.15. The van der Waals surface area contributed by atoms with Gasteiger partial charge in [0.2, 0.25) is 0 Å². The minimum atomic E-state index is 0.732. The lowest BCUT2D eigenvalue weighted by Gasteiger charge is -2.29. The van der Waals surface area contributed by atoms with Gasteiger partial charge in [-0.05, 0) is 67.2 Å². The first-order valence-electron chi connectivity index (χ1n) is 10.6. The number of morpholine rings is 1. The van der Waals surface area contributed by atoms with E-state index in [0.29, 0.717) is 0 Å². The molecule has 2 aliphatic heterocycles. The van der Waals surface area contributed by atoms with E-state index in [4.69, 9.17) is 9.72 Å². The number of anilines is 5. The Balaban J connectivity index is 1.40. The van der Waals surface area contributed by atoms with Crippen LogP contribution < -0.4 is 20.9 Å². The van der Waals surface area contributed by atoms with Gasteiger partial charge in [-0.1, -0.05) is 6.07 Å². The Morgan fingerprint density at radius 3 is 2.61 bits per heavy atom. The summed E-state index contributed by atoms with van der Waals surface area (Å²) >= 11 is 0. The fourth-order valence-electron chi connectivity index (χ4n) is 3.86. The summed E-state index contributed by atoms with van der Waals surface area (Å²) in [7, 11) is 0. The summed E-state index contributed by atoms with van der Waals surface area (Å²) in [5, 5.41) is 10.1. The number of fused-ring (bicyclic) bond motifs is 1. The SMILES string of the molecule is Cc1cccc(Nc2cc3c(c(Nc4ccc(N5CCOCC5)cc4)n2)CNC=C3)n1. The molecule has 7 nitrogen and oxygen atoms in total. The van der Waals surface area contributed by atoms with Crippen molar-refractivity contribution in [1.29, 1.82) is 0 Å². The first-order chi connectivity index (χ1) is 15.2. The van der Waals surface area contributed by atoms with E-state index in [1.54, 1.807) is 0 Å². The van der Waals surface area contributed by atoms with Gasteiger partial charge in [0.15, 0.2) is 0 Å².